The molecular weight excluding hydrogens is 228 g/mol. The van der Waals surface area contributed by atoms with Crippen LogP contribution in [-0.2, 0) is 4.74 Å². The van der Waals surface area contributed by atoms with Gasteiger partial charge < -0.3 is 9.84 Å². The minimum Gasteiger partial charge on any atom is -0.508 e. The van der Waals surface area contributed by atoms with Crippen molar-refractivity contribution in [1.82, 2.24) is 0 Å². The highest BCUT2D eigenvalue weighted by Gasteiger charge is 2.05. The van der Waals surface area contributed by atoms with Gasteiger partial charge in [0.1, 0.15) is 5.75 Å². The van der Waals surface area contributed by atoms with Crippen LogP contribution in [0, 0.1) is 0 Å². The number of carbonyl (C=O) groups excluding carboxylic acids is 1. The van der Waals surface area contributed by atoms with E-state index in [-0.39, 0.29) is 5.75 Å². The molecule has 0 heterocycles. The number of rotatable bonds is 3. The average Bonchev–Trinajstić information content (AvgIpc) is 2.40. The van der Waals surface area contributed by atoms with Crippen molar-refractivity contribution in [2.45, 2.75) is 0 Å². The van der Waals surface area contributed by atoms with Crippen molar-refractivity contribution in [3.05, 3.63) is 66.9 Å². The van der Waals surface area contributed by atoms with Crippen molar-refractivity contribution >= 4 is 5.97 Å². The van der Waals surface area contributed by atoms with E-state index in [9.17, 15) is 9.90 Å². The Labute approximate surface area is 105 Å². The van der Waals surface area contributed by atoms with E-state index in [1.165, 1.54) is 0 Å². The molecule has 3 nitrogen and oxygen atoms in total. The van der Waals surface area contributed by atoms with Crippen LogP contribution in [-0.4, -0.2) is 11.1 Å². The lowest BCUT2D eigenvalue weighted by Gasteiger charge is -2.03. The first-order chi connectivity index (χ1) is 8.70. The first kappa shape index (κ1) is 11.9. The SMILES string of the molecule is C=COC(=O)c1ccc(-c2ccc(O)cc2)cc1. The molecule has 0 aliphatic heterocycles. The zero-order valence-corrected chi connectivity index (χ0v) is 9.67. The molecule has 1 N–H and O–H groups in total. The van der Waals surface area contributed by atoms with Crippen LogP contribution in [0.25, 0.3) is 11.1 Å². The molecule has 0 unspecified atom stereocenters. The van der Waals surface area contributed by atoms with Crippen LogP contribution < -0.4 is 0 Å². The van der Waals surface area contributed by atoms with Gasteiger partial charge in [0.15, 0.2) is 0 Å². The summed E-state index contributed by atoms with van der Waals surface area (Å²) in [7, 11) is 0. The molecule has 0 aromatic heterocycles. The first-order valence-electron chi connectivity index (χ1n) is 5.42. The summed E-state index contributed by atoms with van der Waals surface area (Å²) < 4.78 is 4.68. The molecule has 0 saturated carbocycles. The molecular formula is C15H12O3. The average molecular weight is 240 g/mol. The van der Waals surface area contributed by atoms with Crippen molar-refractivity contribution in [1.29, 1.82) is 0 Å². The van der Waals surface area contributed by atoms with Gasteiger partial charge in [-0.05, 0) is 35.4 Å². The van der Waals surface area contributed by atoms with Gasteiger partial charge >= 0.3 is 5.97 Å². The third kappa shape index (κ3) is 2.58. The van der Waals surface area contributed by atoms with Crippen molar-refractivity contribution in [2.24, 2.45) is 0 Å². The molecule has 18 heavy (non-hydrogen) atoms. The summed E-state index contributed by atoms with van der Waals surface area (Å²) >= 11 is 0. The van der Waals surface area contributed by atoms with Crippen LogP contribution in [0.4, 0.5) is 0 Å². The third-order valence-electron chi connectivity index (χ3n) is 2.51. The lowest BCUT2D eigenvalue weighted by atomic mass is 10.0. The Balaban J connectivity index is 2.24. The number of phenols is 1. The summed E-state index contributed by atoms with van der Waals surface area (Å²) in [5, 5.41) is 9.21. The molecule has 0 bridgehead atoms. The maximum Gasteiger partial charge on any atom is 0.342 e. The number of hydrogen-bond donors (Lipinski definition) is 1. The van der Waals surface area contributed by atoms with Crippen LogP contribution in [0.1, 0.15) is 10.4 Å². The van der Waals surface area contributed by atoms with Gasteiger partial charge in [-0.15, -0.1) is 0 Å². The van der Waals surface area contributed by atoms with Crippen LogP contribution in [0.5, 0.6) is 5.75 Å². The van der Waals surface area contributed by atoms with E-state index in [4.69, 9.17) is 0 Å². The van der Waals surface area contributed by atoms with Crippen LogP contribution in [0.15, 0.2) is 61.4 Å². The highest BCUT2D eigenvalue weighted by molar-refractivity contribution is 5.90. The summed E-state index contributed by atoms with van der Waals surface area (Å²) in [4.78, 5) is 11.4. The Bertz CT molecular complexity index is 553. The van der Waals surface area contributed by atoms with E-state index < -0.39 is 5.97 Å². The quantitative estimate of drug-likeness (QED) is 0.661. The topological polar surface area (TPSA) is 46.5 Å². The molecule has 0 spiro atoms. The number of ether oxygens (including phenoxy) is 1. The minimum atomic E-state index is -0.428. The lowest BCUT2D eigenvalue weighted by molar-refractivity contribution is 0.0664. The molecule has 0 saturated heterocycles. The maximum atomic E-state index is 11.4. The Morgan fingerprint density at radius 2 is 1.50 bits per heavy atom. The zero-order chi connectivity index (χ0) is 13.0. The molecule has 0 aliphatic carbocycles. The summed E-state index contributed by atoms with van der Waals surface area (Å²) in [6, 6.07) is 13.9. The zero-order valence-electron chi connectivity index (χ0n) is 9.67. The molecule has 0 fully saturated rings. The standard InChI is InChI=1S/C15H12O3/c1-2-18-15(17)13-5-3-11(4-6-13)12-7-9-14(16)10-8-12/h2-10,16H,1H2. The molecule has 2 aromatic carbocycles. The Morgan fingerprint density at radius 3 is 2.00 bits per heavy atom. The van der Waals surface area contributed by atoms with Crippen molar-refractivity contribution in [3.63, 3.8) is 0 Å². The summed E-state index contributed by atoms with van der Waals surface area (Å²) in [5.74, 6) is -0.202. The van der Waals surface area contributed by atoms with Gasteiger partial charge in [0.05, 0.1) is 11.8 Å². The molecule has 3 heteroatoms. The second-order valence-electron chi connectivity index (χ2n) is 3.70. The fraction of sp³-hybridized carbons (Fsp3) is 0. The van der Waals surface area contributed by atoms with E-state index in [0.717, 1.165) is 17.4 Å². The largest absolute Gasteiger partial charge is 0.508 e. The van der Waals surface area contributed by atoms with Crippen molar-refractivity contribution in [3.8, 4) is 16.9 Å². The second kappa shape index (κ2) is 5.19. The van der Waals surface area contributed by atoms with Gasteiger partial charge in [-0.2, -0.15) is 0 Å². The molecule has 0 radical (unpaired) electrons. The van der Waals surface area contributed by atoms with E-state index >= 15 is 0 Å². The first-order valence-corrected chi connectivity index (χ1v) is 5.42. The van der Waals surface area contributed by atoms with Gasteiger partial charge in [0, 0.05) is 0 Å². The smallest absolute Gasteiger partial charge is 0.342 e. The number of aromatic hydroxyl groups is 1. The number of phenolic OH excluding ortho intramolecular Hbond substituents is 1. The molecule has 0 amide bonds. The van der Waals surface area contributed by atoms with Crippen LogP contribution in [0.2, 0.25) is 0 Å². The van der Waals surface area contributed by atoms with Gasteiger partial charge in [0.25, 0.3) is 0 Å². The minimum absolute atomic E-state index is 0.227. The molecule has 0 atom stereocenters. The normalized spacial score (nSPS) is 9.78. The fourth-order valence-electron chi connectivity index (χ4n) is 1.60. The van der Waals surface area contributed by atoms with E-state index in [1.54, 1.807) is 24.3 Å². The van der Waals surface area contributed by atoms with Gasteiger partial charge in [-0.1, -0.05) is 30.8 Å². The highest BCUT2D eigenvalue weighted by atomic mass is 16.5. The Hall–Kier alpha value is -2.55. The van der Waals surface area contributed by atoms with Crippen LogP contribution >= 0.6 is 0 Å². The number of hydrogen-bond acceptors (Lipinski definition) is 3. The van der Waals surface area contributed by atoms with E-state index in [2.05, 4.69) is 11.3 Å². The summed E-state index contributed by atoms with van der Waals surface area (Å²) in [6.45, 7) is 3.33. The predicted molar refractivity (Wildman–Crippen MR) is 69.2 cm³/mol. The Kier molecular flexibility index (Phi) is 3.44. The maximum absolute atomic E-state index is 11.4. The summed E-state index contributed by atoms with van der Waals surface area (Å²) in [6.07, 6.45) is 1.11. The second-order valence-corrected chi connectivity index (χ2v) is 3.70. The summed E-state index contributed by atoms with van der Waals surface area (Å²) in [5.41, 5.74) is 2.40. The van der Waals surface area contributed by atoms with Gasteiger partial charge in [-0.25, -0.2) is 4.79 Å². The van der Waals surface area contributed by atoms with Crippen LogP contribution in [0.3, 0.4) is 0 Å². The van der Waals surface area contributed by atoms with Crippen molar-refractivity contribution in [2.75, 3.05) is 0 Å². The third-order valence-corrected chi connectivity index (χ3v) is 2.51. The number of carbonyl (C=O) groups is 1. The van der Waals surface area contributed by atoms with E-state index in [0.29, 0.717) is 5.56 Å². The lowest BCUT2D eigenvalue weighted by Crippen LogP contribution is -1.99. The van der Waals surface area contributed by atoms with E-state index in [1.807, 2.05) is 24.3 Å². The monoisotopic (exact) mass is 240 g/mol. The highest BCUT2D eigenvalue weighted by Crippen LogP contribution is 2.22. The van der Waals surface area contributed by atoms with Gasteiger partial charge in [0.2, 0.25) is 0 Å². The number of benzene rings is 2. The van der Waals surface area contributed by atoms with Gasteiger partial charge in [-0.3, -0.25) is 0 Å². The predicted octanol–water partition coefficient (Wildman–Crippen LogP) is 3.36. The molecule has 2 aromatic rings. The number of esters is 1. The Morgan fingerprint density at radius 1 is 1.00 bits per heavy atom. The molecule has 2 rings (SSSR count). The molecule has 90 valence electrons. The van der Waals surface area contributed by atoms with Crippen molar-refractivity contribution < 1.29 is 14.6 Å². The fourth-order valence-corrected chi connectivity index (χ4v) is 1.60. The molecule has 0 aliphatic rings.